The number of hydrogen-bond donors (Lipinski definition) is 2. The molecule has 3 N–H and O–H groups in total. The fourth-order valence-corrected chi connectivity index (χ4v) is 2.20. The highest BCUT2D eigenvalue weighted by Gasteiger charge is 2.13. The van der Waals surface area contributed by atoms with Gasteiger partial charge < -0.3 is 15.5 Å². The van der Waals surface area contributed by atoms with E-state index in [1.54, 1.807) is 18.4 Å². The van der Waals surface area contributed by atoms with Gasteiger partial charge in [-0.2, -0.15) is 0 Å². The Kier molecular flexibility index (Phi) is 4.22. The number of nitrogens with two attached hydrogens (primary N) is 1. The van der Waals surface area contributed by atoms with E-state index in [0.717, 1.165) is 17.4 Å². The molecule has 1 atom stereocenters. The van der Waals surface area contributed by atoms with Gasteiger partial charge in [0.05, 0.1) is 11.8 Å². The maximum absolute atomic E-state index is 12.1. The number of furan rings is 1. The van der Waals surface area contributed by atoms with Crippen molar-refractivity contribution in [2.24, 2.45) is 11.7 Å². The first-order chi connectivity index (χ1) is 9.08. The summed E-state index contributed by atoms with van der Waals surface area (Å²) < 4.78 is 5.28. The molecule has 0 saturated carbocycles. The minimum atomic E-state index is -0.105. The minimum Gasteiger partial charge on any atom is -0.464 e. The van der Waals surface area contributed by atoms with Gasteiger partial charge in [-0.05, 0) is 30.5 Å². The van der Waals surface area contributed by atoms with Crippen LogP contribution in [0, 0.1) is 5.92 Å². The third kappa shape index (κ3) is 3.35. The Morgan fingerprint density at radius 1 is 1.37 bits per heavy atom. The second-order valence-corrected chi connectivity index (χ2v) is 5.24. The van der Waals surface area contributed by atoms with Gasteiger partial charge >= 0.3 is 0 Å². The first-order valence-corrected chi connectivity index (χ1v) is 6.58. The molecule has 1 aromatic heterocycles. The quantitative estimate of drug-likeness (QED) is 0.868. The van der Waals surface area contributed by atoms with E-state index < -0.39 is 0 Å². The lowest BCUT2D eigenvalue weighted by Crippen LogP contribution is -2.38. The summed E-state index contributed by atoms with van der Waals surface area (Å²) in [4.78, 5) is 12.1. The van der Waals surface area contributed by atoms with Gasteiger partial charge in [-0.25, -0.2) is 0 Å². The second kappa shape index (κ2) is 5.89. The van der Waals surface area contributed by atoms with Gasteiger partial charge in [0.2, 0.25) is 0 Å². The second-order valence-electron chi connectivity index (χ2n) is 5.24. The molecule has 0 radical (unpaired) electrons. The molecule has 19 heavy (non-hydrogen) atoms. The van der Waals surface area contributed by atoms with Crippen LogP contribution in [0.4, 0.5) is 0 Å². The molecule has 0 spiro atoms. The topological polar surface area (TPSA) is 68.3 Å². The van der Waals surface area contributed by atoms with Crippen LogP contribution in [0.1, 0.15) is 30.6 Å². The maximum Gasteiger partial charge on any atom is 0.252 e. The number of rotatable bonds is 5. The van der Waals surface area contributed by atoms with Crippen LogP contribution in [0.15, 0.2) is 34.9 Å². The standard InChI is InChI=1S/C15H20N2O2/c1-10(2)8-11(16)9-17-15(18)13-4-3-5-14-12(13)6-7-19-14/h3-7,10-11H,8-9,16H2,1-2H3,(H,17,18)/t11-/m0/s1. The molecule has 2 rings (SSSR count). The normalized spacial score (nSPS) is 12.8. The molecule has 4 heteroatoms. The van der Waals surface area contributed by atoms with Gasteiger partial charge in [0.1, 0.15) is 5.58 Å². The lowest BCUT2D eigenvalue weighted by molar-refractivity contribution is 0.0951. The average Bonchev–Trinajstić information content (AvgIpc) is 2.83. The fraction of sp³-hybridized carbons (Fsp3) is 0.400. The van der Waals surface area contributed by atoms with E-state index >= 15 is 0 Å². The molecular formula is C15H20N2O2. The largest absolute Gasteiger partial charge is 0.464 e. The predicted octanol–water partition coefficient (Wildman–Crippen LogP) is 2.54. The SMILES string of the molecule is CC(C)C[C@H](N)CNC(=O)c1cccc2occc12. The zero-order chi connectivity index (χ0) is 13.8. The van der Waals surface area contributed by atoms with Crippen LogP contribution < -0.4 is 11.1 Å². The van der Waals surface area contributed by atoms with Crippen molar-refractivity contribution < 1.29 is 9.21 Å². The van der Waals surface area contributed by atoms with Gasteiger partial charge in [0.25, 0.3) is 5.91 Å². The number of fused-ring (bicyclic) bond motifs is 1. The smallest absolute Gasteiger partial charge is 0.252 e. The highest BCUT2D eigenvalue weighted by atomic mass is 16.3. The van der Waals surface area contributed by atoms with Crippen LogP contribution in [0.25, 0.3) is 11.0 Å². The molecule has 0 unspecified atom stereocenters. The van der Waals surface area contributed by atoms with Crippen molar-refractivity contribution in [2.45, 2.75) is 26.3 Å². The Morgan fingerprint density at radius 2 is 2.16 bits per heavy atom. The van der Waals surface area contributed by atoms with E-state index in [1.807, 2.05) is 12.1 Å². The molecular weight excluding hydrogens is 240 g/mol. The Labute approximate surface area is 113 Å². The Bertz CT molecular complexity index is 560. The van der Waals surface area contributed by atoms with Crippen molar-refractivity contribution in [2.75, 3.05) is 6.54 Å². The molecule has 1 heterocycles. The predicted molar refractivity (Wildman–Crippen MR) is 76.0 cm³/mol. The fourth-order valence-electron chi connectivity index (χ4n) is 2.20. The summed E-state index contributed by atoms with van der Waals surface area (Å²) in [6.45, 7) is 4.73. The van der Waals surface area contributed by atoms with Crippen LogP contribution in [-0.2, 0) is 0 Å². The lowest BCUT2D eigenvalue weighted by Gasteiger charge is -2.15. The summed E-state index contributed by atoms with van der Waals surface area (Å²) in [5, 5.41) is 3.71. The highest BCUT2D eigenvalue weighted by Crippen LogP contribution is 2.19. The van der Waals surface area contributed by atoms with Crippen molar-refractivity contribution in [3.63, 3.8) is 0 Å². The van der Waals surface area contributed by atoms with E-state index in [4.69, 9.17) is 10.2 Å². The molecule has 0 fully saturated rings. The van der Waals surface area contributed by atoms with Crippen LogP contribution in [0.5, 0.6) is 0 Å². The molecule has 0 aliphatic heterocycles. The van der Waals surface area contributed by atoms with Crippen LogP contribution in [0.3, 0.4) is 0 Å². The molecule has 0 saturated heterocycles. The average molecular weight is 260 g/mol. The molecule has 0 bridgehead atoms. The summed E-state index contributed by atoms with van der Waals surface area (Å²) in [7, 11) is 0. The van der Waals surface area contributed by atoms with E-state index in [1.165, 1.54) is 0 Å². The van der Waals surface area contributed by atoms with E-state index in [-0.39, 0.29) is 11.9 Å². The van der Waals surface area contributed by atoms with Crippen molar-refractivity contribution in [1.82, 2.24) is 5.32 Å². The van der Waals surface area contributed by atoms with Crippen molar-refractivity contribution in [1.29, 1.82) is 0 Å². The Morgan fingerprint density at radius 3 is 2.89 bits per heavy atom. The molecule has 2 aromatic rings. The molecule has 1 amide bonds. The third-order valence-corrected chi connectivity index (χ3v) is 3.04. The third-order valence-electron chi connectivity index (χ3n) is 3.04. The zero-order valence-electron chi connectivity index (χ0n) is 11.3. The Balaban J connectivity index is 2.02. The molecule has 1 aromatic carbocycles. The van der Waals surface area contributed by atoms with Gasteiger partial charge in [0.15, 0.2) is 0 Å². The first-order valence-electron chi connectivity index (χ1n) is 6.58. The number of carbonyl (C=O) groups excluding carboxylic acids is 1. The van der Waals surface area contributed by atoms with Crippen molar-refractivity contribution >= 4 is 16.9 Å². The first kappa shape index (κ1) is 13.6. The van der Waals surface area contributed by atoms with Crippen molar-refractivity contribution in [3.8, 4) is 0 Å². The van der Waals surface area contributed by atoms with Crippen molar-refractivity contribution in [3.05, 3.63) is 36.1 Å². The minimum absolute atomic E-state index is 0.00694. The van der Waals surface area contributed by atoms with Crippen LogP contribution >= 0.6 is 0 Å². The summed E-state index contributed by atoms with van der Waals surface area (Å²) in [5.74, 6) is 0.426. The molecule has 0 aliphatic rings. The van der Waals surface area contributed by atoms with Gasteiger partial charge in [0, 0.05) is 18.0 Å². The lowest BCUT2D eigenvalue weighted by atomic mass is 10.0. The summed E-state index contributed by atoms with van der Waals surface area (Å²) in [6, 6.07) is 7.25. The van der Waals surface area contributed by atoms with E-state index in [9.17, 15) is 4.79 Å². The molecule has 0 aliphatic carbocycles. The van der Waals surface area contributed by atoms with Crippen LogP contribution in [0.2, 0.25) is 0 Å². The van der Waals surface area contributed by atoms with E-state index in [0.29, 0.717) is 18.0 Å². The molecule has 4 nitrogen and oxygen atoms in total. The maximum atomic E-state index is 12.1. The molecule has 102 valence electrons. The monoisotopic (exact) mass is 260 g/mol. The Hall–Kier alpha value is -1.81. The van der Waals surface area contributed by atoms with Gasteiger partial charge in [-0.3, -0.25) is 4.79 Å². The number of benzene rings is 1. The van der Waals surface area contributed by atoms with E-state index in [2.05, 4.69) is 19.2 Å². The summed E-state index contributed by atoms with van der Waals surface area (Å²) in [6.07, 6.45) is 2.49. The van der Waals surface area contributed by atoms with Gasteiger partial charge in [-0.15, -0.1) is 0 Å². The van der Waals surface area contributed by atoms with Crippen LogP contribution in [-0.4, -0.2) is 18.5 Å². The number of carbonyl (C=O) groups is 1. The number of amides is 1. The summed E-state index contributed by atoms with van der Waals surface area (Å²) in [5.41, 5.74) is 7.31. The highest BCUT2D eigenvalue weighted by molar-refractivity contribution is 6.05. The number of hydrogen-bond acceptors (Lipinski definition) is 3. The summed E-state index contributed by atoms with van der Waals surface area (Å²) >= 11 is 0. The van der Waals surface area contributed by atoms with Gasteiger partial charge in [-0.1, -0.05) is 19.9 Å². The number of nitrogens with one attached hydrogen (secondary N) is 1. The zero-order valence-corrected chi connectivity index (χ0v) is 11.3.